The van der Waals surface area contributed by atoms with Crippen LogP contribution in [0, 0.1) is 11.3 Å². The Morgan fingerprint density at radius 2 is 1.76 bits per heavy atom. The lowest BCUT2D eigenvalue weighted by Gasteiger charge is -2.08. The van der Waals surface area contributed by atoms with Crippen molar-refractivity contribution in [2.75, 3.05) is 13.2 Å². The molecule has 0 aromatic heterocycles. The summed E-state index contributed by atoms with van der Waals surface area (Å²) in [7, 11) is 0. The van der Waals surface area contributed by atoms with Gasteiger partial charge >= 0.3 is 0 Å². The van der Waals surface area contributed by atoms with E-state index >= 15 is 0 Å². The monoisotopic (exact) mass is 345 g/mol. The molecule has 0 aliphatic carbocycles. The van der Waals surface area contributed by atoms with Crippen molar-refractivity contribution in [3.8, 4) is 11.8 Å². The van der Waals surface area contributed by atoms with Gasteiger partial charge in [0.25, 0.3) is 0 Å². The number of para-hydroxylation sites is 1. The molecule has 0 bridgehead atoms. The topological polar surface area (TPSA) is 42.2 Å². The SMILES string of the molecule is N#Cc1ccccc1OCCCOCc1ccc(Br)cc1. The van der Waals surface area contributed by atoms with E-state index in [1.807, 2.05) is 36.4 Å². The molecule has 0 saturated heterocycles. The van der Waals surface area contributed by atoms with Gasteiger partial charge < -0.3 is 9.47 Å². The standard InChI is InChI=1S/C17H16BrNO2/c18-16-8-6-14(7-9-16)13-20-10-3-11-21-17-5-2-1-4-15(17)12-19/h1-2,4-9H,3,10-11,13H2. The third-order valence-electron chi connectivity index (χ3n) is 2.88. The van der Waals surface area contributed by atoms with Crippen molar-refractivity contribution in [1.29, 1.82) is 5.26 Å². The highest BCUT2D eigenvalue weighted by Gasteiger charge is 2.01. The van der Waals surface area contributed by atoms with Gasteiger partial charge in [-0.25, -0.2) is 0 Å². The first-order valence-electron chi connectivity index (χ1n) is 6.74. The number of benzene rings is 2. The zero-order chi connectivity index (χ0) is 14.9. The van der Waals surface area contributed by atoms with Crippen LogP contribution < -0.4 is 4.74 Å². The van der Waals surface area contributed by atoms with E-state index in [0.717, 1.165) is 16.5 Å². The molecule has 2 aromatic carbocycles. The van der Waals surface area contributed by atoms with Gasteiger partial charge in [-0.15, -0.1) is 0 Å². The second kappa shape index (κ2) is 8.46. The van der Waals surface area contributed by atoms with Gasteiger partial charge in [-0.05, 0) is 29.8 Å². The second-order valence-electron chi connectivity index (χ2n) is 4.49. The maximum Gasteiger partial charge on any atom is 0.137 e. The normalized spacial score (nSPS) is 10.1. The van der Waals surface area contributed by atoms with Gasteiger partial charge in [0.15, 0.2) is 0 Å². The molecule has 0 unspecified atom stereocenters. The third kappa shape index (κ3) is 5.22. The fraction of sp³-hybridized carbons (Fsp3) is 0.235. The summed E-state index contributed by atoms with van der Waals surface area (Å²) >= 11 is 3.40. The lowest BCUT2D eigenvalue weighted by Crippen LogP contribution is -2.04. The van der Waals surface area contributed by atoms with E-state index < -0.39 is 0 Å². The molecule has 0 aliphatic heterocycles. The minimum atomic E-state index is 0.541. The van der Waals surface area contributed by atoms with E-state index in [4.69, 9.17) is 14.7 Å². The molecule has 4 heteroatoms. The molecular formula is C17H16BrNO2. The quantitative estimate of drug-likeness (QED) is 0.702. The number of nitriles is 1. The van der Waals surface area contributed by atoms with Crippen molar-refractivity contribution in [1.82, 2.24) is 0 Å². The highest BCUT2D eigenvalue weighted by Crippen LogP contribution is 2.16. The van der Waals surface area contributed by atoms with Crippen molar-refractivity contribution in [3.63, 3.8) is 0 Å². The van der Waals surface area contributed by atoms with Crippen LogP contribution in [0.15, 0.2) is 53.0 Å². The van der Waals surface area contributed by atoms with Crippen LogP contribution in [-0.2, 0) is 11.3 Å². The molecule has 0 spiro atoms. The minimum absolute atomic E-state index is 0.541. The van der Waals surface area contributed by atoms with Crippen LogP contribution in [0.1, 0.15) is 17.5 Å². The van der Waals surface area contributed by atoms with E-state index in [2.05, 4.69) is 22.0 Å². The van der Waals surface area contributed by atoms with E-state index in [1.54, 1.807) is 12.1 Å². The van der Waals surface area contributed by atoms with Gasteiger partial charge in [-0.3, -0.25) is 0 Å². The average Bonchev–Trinajstić information content (AvgIpc) is 2.53. The van der Waals surface area contributed by atoms with Crippen molar-refractivity contribution >= 4 is 15.9 Å². The minimum Gasteiger partial charge on any atom is -0.492 e. The van der Waals surface area contributed by atoms with Crippen LogP contribution in [0.25, 0.3) is 0 Å². The third-order valence-corrected chi connectivity index (χ3v) is 3.41. The Kier molecular flexibility index (Phi) is 6.26. The Bertz CT molecular complexity index is 605. The molecule has 0 atom stereocenters. The van der Waals surface area contributed by atoms with Crippen LogP contribution in [0.2, 0.25) is 0 Å². The fourth-order valence-corrected chi connectivity index (χ4v) is 2.06. The smallest absolute Gasteiger partial charge is 0.137 e. The zero-order valence-electron chi connectivity index (χ0n) is 11.6. The first-order chi connectivity index (χ1) is 10.3. The van der Waals surface area contributed by atoms with E-state index in [9.17, 15) is 0 Å². The van der Waals surface area contributed by atoms with Gasteiger partial charge in [-0.2, -0.15) is 5.26 Å². The van der Waals surface area contributed by atoms with Crippen LogP contribution >= 0.6 is 15.9 Å². The summed E-state index contributed by atoms with van der Waals surface area (Å²) < 4.78 is 12.2. The first kappa shape index (κ1) is 15.6. The molecule has 108 valence electrons. The summed E-state index contributed by atoms with van der Waals surface area (Å²) in [6, 6.07) is 17.4. The van der Waals surface area contributed by atoms with Crippen LogP contribution in [0.5, 0.6) is 5.75 Å². The van der Waals surface area contributed by atoms with E-state index in [-0.39, 0.29) is 0 Å². The molecule has 0 amide bonds. The van der Waals surface area contributed by atoms with Gasteiger partial charge in [0, 0.05) is 10.9 Å². The van der Waals surface area contributed by atoms with Crippen LogP contribution in [-0.4, -0.2) is 13.2 Å². The molecular weight excluding hydrogens is 330 g/mol. The molecule has 3 nitrogen and oxygen atoms in total. The molecule has 21 heavy (non-hydrogen) atoms. The number of hydrogen-bond donors (Lipinski definition) is 0. The van der Waals surface area contributed by atoms with Crippen molar-refractivity contribution in [3.05, 3.63) is 64.1 Å². The lowest BCUT2D eigenvalue weighted by atomic mass is 10.2. The number of hydrogen-bond acceptors (Lipinski definition) is 3. The number of ether oxygens (including phenoxy) is 2. The Labute approximate surface area is 133 Å². The molecule has 0 aliphatic rings. The fourth-order valence-electron chi connectivity index (χ4n) is 1.80. The van der Waals surface area contributed by atoms with E-state index in [0.29, 0.717) is 31.1 Å². The highest BCUT2D eigenvalue weighted by atomic mass is 79.9. The second-order valence-corrected chi connectivity index (χ2v) is 5.40. The summed E-state index contributed by atoms with van der Waals surface area (Å²) in [4.78, 5) is 0. The van der Waals surface area contributed by atoms with Gasteiger partial charge in [-0.1, -0.05) is 40.2 Å². The maximum absolute atomic E-state index is 8.95. The van der Waals surface area contributed by atoms with Crippen LogP contribution in [0.3, 0.4) is 0 Å². The van der Waals surface area contributed by atoms with Crippen molar-refractivity contribution in [2.24, 2.45) is 0 Å². The molecule has 0 heterocycles. The maximum atomic E-state index is 8.95. The number of halogens is 1. The molecule has 2 rings (SSSR count). The Morgan fingerprint density at radius 1 is 1.00 bits per heavy atom. The Hall–Kier alpha value is -1.83. The summed E-state index contributed by atoms with van der Waals surface area (Å²) in [6.45, 7) is 1.77. The van der Waals surface area contributed by atoms with Crippen molar-refractivity contribution in [2.45, 2.75) is 13.0 Å². The number of rotatable bonds is 7. The Morgan fingerprint density at radius 3 is 2.52 bits per heavy atom. The number of nitrogens with zero attached hydrogens (tertiary/aromatic N) is 1. The Balaban J connectivity index is 1.64. The molecule has 0 N–H and O–H groups in total. The molecule has 2 aromatic rings. The largest absolute Gasteiger partial charge is 0.492 e. The highest BCUT2D eigenvalue weighted by molar-refractivity contribution is 9.10. The van der Waals surface area contributed by atoms with E-state index in [1.165, 1.54) is 0 Å². The summed E-state index contributed by atoms with van der Waals surface area (Å²) in [5, 5.41) is 8.95. The molecule has 0 saturated carbocycles. The summed E-state index contributed by atoms with van der Waals surface area (Å²) in [6.07, 6.45) is 0.788. The van der Waals surface area contributed by atoms with Gasteiger partial charge in [0.2, 0.25) is 0 Å². The predicted molar refractivity (Wildman–Crippen MR) is 85.1 cm³/mol. The van der Waals surface area contributed by atoms with Gasteiger partial charge in [0.1, 0.15) is 11.8 Å². The van der Waals surface area contributed by atoms with Crippen molar-refractivity contribution < 1.29 is 9.47 Å². The molecule has 0 radical (unpaired) electrons. The summed E-state index contributed by atoms with van der Waals surface area (Å²) in [5.74, 6) is 0.632. The first-order valence-corrected chi connectivity index (χ1v) is 7.53. The van der Waals surface area contributed by atoms with Crippen LogP contribution in [0.4, 0.5) is 0 Å². The average molecular weight is 346 g/mol. The van der Waals surface area contributed by atoms with Gasteiger partial charge in [0.05, 0.1) is 25.4 Å². The lowest BCUT2D eigenvalue weighted by molar-refractivity contribution is 0.107. The molecule has 0 fully saturated rings. The predicted octanol–water partition coefficient (Wildman–Crippen LogP) is 4.31. The zero-order valence-corrected chi connectivity index (χ0v) is 13.2. The summed E-state index contributed by atoms with van der Waals surface area (Å²) in [5.41, 5.74) is 1.71.